The molecule has 0 radical (unpaired) electrons. The number of furan rings is 1. The van der Waals surface area contributed by atoms with Crippen molar-refractivity contribution in [3.63, 3.8) is 0 Å². The highest BCUT2D eigenvalue weighted by Gasteiger charge is 2.15. The summed E-state index contributed by atoms with van der Waals surface area (Å²) in [5.41, 5.74) is 7.71. The smallest absolute Gasteiger partial charge is 0.246 e. The molecule has 0 fully saturated rings. The first-order valence-corrected chi connectivity index (χ1v) is 6.65. The summed E-state index contributed by atoms with van der Waals surface area (Å²) in [5, 5.41) is 10.5. The SMILES string of the molecule is N#Cc1oc2ccccc2c1OCc1cc(N)ccc1Cl. The third-order valence-electron chi connectivity index (χ3n) is 3.09. The van der Waals surface area contributed by atoms with E-state index in [4.69, 9.17) is 31.8 Å². The Kier molecular flexibility index (Phi) is 3.43. The van der Waals surface area contributed by atoms with Crippen LogP contribution in [0.15, 0.2) is 46.9 Å². The minimum absolute atomic E-state index is 0.149. The van der Waals surface area contributed by atoms with Gasteiger partial charge in [0.1, 0.15) is 18.3 Å². The molecule has 21 heavy (non-hydrogen) atoms. The average Bonchev–Trinajstić information content (AvgIpc) is 2.86. The number of nitriles is 1. The number of ether oxygens (including phenoxy) is 1. The van der Waals surface area contributed by atoms with Crippen molar-refractivity contribution >= 4 is 28.3 Å². The fraction of sp³-hybridized carbons (Fsp3) is 0.0625. The average molecular weight is 299 g/mol. The maximum atomic E-state index is 9.15. The van der Waals surface area contributed by atoms with E-state index in [1.807, 2.05) is 24.3 Å². The van der Waals surface area contributed by atoms with E-state index in [2.05, 4.69) is 0 Å². The van der Waals surface area contributed by atoms with Crippen LogP contribution in [0.2, 0.25) is 5.02 Å². The van der Waals surface area contributed by atoms with E-state index in [-0.39, 0.29) is 12.4 Å². The van der Waals surface area contributed by atoms with Gasteiger partial charge >= 0.3 is 0 Å². The van der Waals surface area contributed by atoms with E-state index < -0.39 is 0 Å². The van der Waals surface area contributed by atoms with Gasteiger partial charge < -0.3 is 14.9 Å². The number of nitrogens with two attached hydrogens (primary N) is 1. The number of halogens is 1. The number of nitrogen functional groups attached to an aromatic ring is 1. The van der Waals surface area contributed by atoms with E-state index in [0.29, 0.717) is 22.0 Å². The van der Waals surface area contributed by atoms with Crippen LogP contribution >= 0.6 is 11.6 Å². The summed E-state index contributed by atoms with van der Waals surface area (Å²) in [7, 11) is 0. The predicted molar refractivity (Wildman–Crippen MR) is 81.1 cm³/mol. The highest BCUT2D eigenvalue weighted by molar-refractivity contribution is 6.31. The van der Waals surface area contributed by atoms with Gasteiger partial charge in [0.2, 0.25) is 5.76 Å². The van der Waals surface area contributed by atoms with Crippen molar-refractivity contribution in [2.45, 2.75) is 6.61 Å². The summed E-state index contributed by atoms with van der Waals surface area (Å²) in [6.07, 6.45) is 0. The second-order valence-corrected chi connectivity index (χ2v) is 4.91. The van der Waals surface area contributed by atoms with Crippen LogP contribution in [0.4, 0.5) is 5.69 Å². The maximum absolute atomic E-state index is 9.15. The number of rotatable bonds is 3. The molecule has 2 aromatic carbocycles. The first kappa shape index (κ1) is 13.3. The Labute approximate surface area is 126 Å². The van der Waals surface area contributed by atoms with Crippen LogP contribution in [-0.4, -0.2) is 0 Å². The molecule has 1 aromatic heterocycles. The fourth-order valence-corrected chi connectivity index (χ4v) is 2.27. The second-order valence-electron chi connectivity index (χ2n) is 4.51. The fourth-order valence-electron chi connectivity index (χ4n) is 2.09. The maximum Gasteiger partial charge on any atom is 0.246 e. The van der Waals surface area contributed by atoms with Crippen LogP contribution in [0.25, 0.3) is 11.0 Å². The van der Waals surface area contributed by atoms with E-state index in [0.717, 1.165) is 10.9 Å². The molecule has 0 aliphatic carbocycles. The molecule has 4 nitrogen and oxygen atoms in total. The lowest BCUT2D eigenvalue weighted by Gasteiger charge is -2.07. The van der Waals surface area contributed by atoms with E-state index in [9.17, 15) is 0 Å². The predicted octanol–water partition coefficient (Wildman–Crippen LogP) is 4.12. The second kappa shape index (κ2) is 5.39. The molecule has 1 heterocycles. The van der Waals surface area contributed by atoms with Gasteiger partial charge in [-0.1, -0.05) is 23.7 Å². The summed E-state index contributed by atoms with van der Waals surface area (Å²) >= 11 is 6.10. The lowest BCUT2D eigenvalue weighted by Crippen LogP contribution is -1.98. The monoisotopic (exact) mass is 298 g/mol. The number of nitrogens with zero attached hydrogens (tertiary/aromatic N) is 1. The summed E-state index contributed by atoms with van der Waals surface area (Å²) in [6.45, 7) is 0.210. The minimum atomic E-state index is 0.149. The van der Waals surface area contributed by atoms with Crippen molar-refractivity contribution in [3.8, 4) is 11.8 Å². The molecule has 104 valence electrons. The molecule has 0 atom stereocenters. The van der Waals surface area contributed by atoms with E-state index >= 15 is 0 Å². The zero-order valence-electron chi connectivity index (χ0n) is 11.0. The Hall–Kier alpha value is -2.64. The molecule has 0 saturated carbocycles. The number of fused-ring (bicyclic) bond motifs is 1. The Bertz CT molecular complexity index is 849. The van der Waals surface area contributed by atoms with Crippen LogP contribution in [0, 0.1) is 11.3 Å². The van der Waals surface area contributed by atoms with Gasteiger partial charge in [0, 0.05) is 16.3 Å². The molecule has 0 aliphatic rings. The Morgan fingerprint density at radius 3 is 2.86 bits per heavy atom. The molecular formula is C16H11ClN2O2. The highest BCUT2D eigenvalue weighted by atomic mass is 35.5. The van der Waals surface area contributed by atoms with E-state index in [1.54, 1.807) is 24.3 Å². The molecule has 2 N–H and O–H groups in total. The first-order valence-electron chi connectivity index (χ1n) is 6.27. The van der Waals surface area contributed by atoms with Gasteiger partial charge in [-0.2, -0.15) is 5.26 Å². The lowest BCUT2D eigenvalue weighted by molar-refractivity contribution is 0.304. The third kappa shape index (κ3) is 2.51. The van der Waals surface area contributed by atoms with Crippen molar-refractivity contribution in [1.82, 2.24) is 0 Å². The zero-order valence-corrected chi connectivity index (χ0v) is 11.7. The molecule has 3 aromatic rings. The van der Waals surface area contributed by atoms with Gasteiger partial charge in [-0.3, -0.25) is 0 Å². The van der Waals surface area contributed by atoms with Crippen LogP contribution in [0.3, 0.4) is 0 Å². The highest BCUT2D eigenvalue weighted by Crippen LogP contribution is 2.33. The largest absolute Gasteiger partial charge is 0.483 e. The number of benzene rings is 2. The molecule has 0 unspecified atom stereocenters. The van der Waals surface area contributed by atoms with Crippen molar-refractivity contribution < 1.29 is 9.15 Å². The first-order chi connectivity index (χ1) is 10.2. The molecule has 5 heteroatoms. The van der Waals surface area contributed by atoms with Crippen molar-refractivity contribution in [2.24, 2.45) is 0 Å². The topological polar surface area (TPSA) is 72.2 Å². The van der Waals surface area contributed by atoms with Gasteiger partial charge in [-0.15, -0.1) is 0 Å². The van der Waals surface area contributed by atoms with Gasteiger partial charge in [-0.25, -0.2) is 0 Å². The summed E-state index contributed by atoms with van der Waals surface area (Å²) < 4.78 is 11.2. The molecule has 0 amide bonds. The number of para-hydroxylation sites is 1. The van der Waals surface area contributed by atoms with Crippen LogP contribution in [-0.2, 0) is 6.61 Å². The lowest BCUT2D eigenvalue weighted by atomic mass is 10.2. The summed E-state index contributed by atoms with van der Waals surface area (Å²) in [4.78, 5) is 0. The third-order valence-corrected chi connectivity index (χ3v) is 3.46. The Morgan fingerprint density at radius 2 is 2.05 bits per heavy atom. The van der Waals surface area contributed by atoms with Crippen LogP contribution < -0.4 is 10.5 Å². The van der Waals surface area contributed by atoms with Crippen molar-refractivity contribution in [2.75, 3.05) is 5.73 Å². The molecule has 0 bridgehead atoms. The molecule has 3 rings (SSSR count). The Balaban J connectivity index is 1.95. The van der Waals surface area contributed by atoms with Gasteiger partial charge in [0.05, 0.1) is 5.39 Å². The van der Waals surface area contributed by atoms with E-state index in [1.165, 1.54) is 0 Å². The van der Waals surface area contributed by atoms with Crippen molar-refractivity contribution in [1.29, 1.82) is 5.26 Å². The number of anilines is 1. The minimum Gasteiger partial charge on any atom is -0.483 e. The summed E-state index contributed by atoms with van der Waals surface area (Å²) in [6, 6.07) is 14.5. The van der Waals surface area contributed by atoms with Crippen LogP contribution in [0.1, 0.15) is 11.3 Å². The van der Waals surface area contributed by atoms with Gasteiger partial charge in [0.25, 0.3) is 0 Å². The standard InChI is InChI=1S/C16H11ClN2O2/c17-13-6-5-11(19)7-10(13)9-20-16-12-3-1-2-4-14(12)21-15(16)8-18/h1-7H,9,19H2. The van der Waals surface area contributed by atoms with Crippen molar-refractivity contribution in [3.05, 3.63) is 58.8 Å². The van der Waals surface area contributed by atoms with Gasteiger partial charge in [0.15, 0.2) is 5.75 Å². The number of hydrogen-bond donors (Lipinski definition) is 1. The van der Waals surface area contributed by atoms with Gasteiger partial charge in [-0.05, 0) is 30.3 Å². The Morgan fingerprint density at radius 1 is 1.24 bits per heavy atom. The summed E-state index contributed by atoms with van der Waals surface area (Å²) in [5.74, 6) is 0.572. The van der Waals surface area contributed by atoms with Crippen LogP contribution in [0.5, 0.6) is 5.75 Å². The normalized spacial score (nSPS) is 10.5. The quantitative estimate of drug-likeness (QED) is 0.738. The zero-order chi connectivity index (χ0) is 14.8. The molecule has 0 saturated heterocycles. The molecule has 0 spiro atoms. The molecular weight excluding hydrogens is 288 g/mol. The molecule has 0 aliphatic heterocycles. The number of hydrogen-bond acceptors (Lipinski definition) is 4.